The lowest BCUT2D eigenvalue weighted by atomic mass is 10.0. The topological polar surface area (TPSA) is 57.6 Å². The van der Waals surface area contributed by atoms with E-state index in [4.69, 9.17) is 23.2 Å². The summed E-state index contributed by atoms with van der Waals surface area (Å²) in [6, 6.07) is 20.6. The molecule has 4 rings (SSSR count). The molecule has 4 nitrogen and oxygen atoms in total. The van der Waals surface area contributed by atoms with Crippen molar-refractivity contribution in [2.45, 2.75) is 24.9 Å². The van der Waals surface area contributed by atoms with Crippen LogP contribution in [0.4, 0.5) is 0 Å². The Morgan fingerprint density at radius 2 is 1.60 bits per heavy atom. The van der Waals surface area contributed by atoms with Crippen LogP contribution < -0.4 is 0 Å². The molecule has 1 N–H and O–H groups in total. The molecule has 0 radical (unpaired) electrons. The SMILES string of the molecule is O=C(O)[C@@H]1CC[C@H](c2ccccc2Cl)N1C(=O)c1ccc(-c2cccc(Cl)c2)cc1. The lowest BCUT2D eigenvalue weighted by molar-refractivity contribution is -0.141. The van der Waals surface area contributed by atoms with Gasteiger partial charge in [-0.3, -0.25) is 4.79 Å². The van der Waals surface area contributed by atoms with Crippen molar-refractivity contribution in [3.8, 4) is 11.1 Å². The second kappa shape index (κ2) is 8.50. The molecule has 1 amide bonds. The van der Waals surface area contributed by atoms with E-state index < -0.39 is 12.0 Å². The van der Waals surface area contributed by atoms with E-state index in [-0.39, 0.29) is 11.9 Å². The van der Waals surface area contributed by atoms with Crippen molar-refractivity contribution < 1.29 is 14.7 Å². The van der Waals surface area contributed by atoms with Crippen LogP contribution >= 0.6 is 23.2 Å². The number of nitrogens with zero attached hydrogens (tertiary/aromatic N) is 1. The number of carbonyl (C=O) groups is 2. The van der Waals surface area contributed by atoms with Gasteiger partial charge in [0.1, 0.15) is 6.04 Å². The highest BCUT2D eigenvalue weighted by Crippen LogP contribution is 2.40. The second-order valence-corrected chi connectivity index (χ2v) is 8.11. The summed E-state index contributed by atoms with van der Waals surface area (Å²) >= 11 is 12.4. The van der Waals surface area contributed by atoms with Crippen molar-refractivity contribution in [3.63, 3.8) is 0 Å². The summed E-state index contributed by atoms with van der Waals surface area (Å²) in [7, 11) is 0. The van der Waals surface area contributed by atoms with E-state index in [1.54, 1.807) is 24.3 Å². The Balaban J connectivity index is 1.66. The average molecular weight is 440 g/mol. The number of hydrogen-bond donors (Lipinski definition) is 1. The molecule has 1 aliphatic rings. The Morgan fingerprint density at radius 1 is 0.867 bits per heavy atom. The third-order valence-electron chi connectivity index (χ3n) is 5.46. The number of carboxylic acid groups (broad SMARTS) is 1. The van der Waals surface area contributed by atoms with E-state index in [1.807, 2.05) is 48.5 Å². The molecule has 0 unspecified atom stereocenters. The molecule has 0 spiro atoms. The number of rotatable bonds is 4. The minimum atomic E-state index is -1.01. The largest absolute Gasteiger partial charge is 0.480 e. The monoisotopic (exact) mass is 439 g/mol. The van der Waals surface area contributed by atoms with E-state index in [0.29, 0.717) is 28.5 Å². The summed E-state index contributed by atoms with van der Waals surface area (Å²) in [6.45, 7) is 0. The molecular formula is C24H19Cl2NO3. The van der Waals surface area contributed by atoms with Gasteiger partial charge in [0.05, 0.1) is 6.04 Å². The molecule has 1 saturated heterocycles. The van der Waals surface area contributed by atoms with Crippen molar-refractivity contribution in [1.82, 2.24) is 4.90 Å². The van der Waals surface area contributed by atoms with E-state index in [1.165, 1.54) is 4.90 Å². The Kier molecular flexibility index (Phi) is 5.80. The molecule has 2 atom stereocenters. The molecule has 152 valence electrons. The first kappa shape index (κ1) is 20.5. The molecule has 0 bridgehead atoms. The van der Waals surface area contributed by atoms with E-state index >= 15 is 0 Å². The molecule has 0 saturated carbocycles. The van der Waals surface area contributed by atoms with E-state index in [2.05, 4.69) is 0 Å². The zero-order valence-corrected chi connectivity index (χ0v) is 17.5. The lowest BCUT2D eigenvalue weighted by Crippen LogP contribution is -2.41. The maximum absolute atomic E-state index is 13.4. The summed E-state index contributed by atoms with van der Waals surface area (Å²) < 4.78 is 0. The van der Waals surface area contributed by atoms with Crippen LogP contribution in [-0.4, -0.2) is 27.9 Å². The van der Waals surface area contributed by atoms with Crippen LogP contribution in [-0.2, 0) is 4.79 Å². The normalized spacial score (nSPS) is 18.4. The summed E-state index contributed by atoms with van der Waals surface area (Å²) in [4.78, 5) is 26.7. The maximum atomic E-state index is 13.4. The molecular weight excluding hydrogens is 421 g/mol. The van der Waals surface area contributed by atoms with Gasteiger partial charge < -0.3 is 10.0 Å². The Morgan fingerprint density at radius 3 is 2.27 bits per heavy atom. The fourth-order valence-electron chi connectivity index (χ4n) is 4.01. The molecule has 3 aromatic rings. The first-order valence-electron chi connectivity index (χ1n) is 9.61. The number of carboxylic acids is 1. The van der Waals surface area contributed by atoms with Gasteiger partial charge >= 0.3 is 5.97 Å². The highest BCUT2D eigenvalue weighted by atomic mass is 35.5. The number of benzene rings is 3. The fourth-order valence-corrected chi connectivity index (χ4v) is 4.46. The summed E-state index contributed by atoms with van der Waals surface area (Å²) in [5, 5.41) is 10.9. The van der Waals surface area contributed by atoms with Gasteiger partial charge in [-0.05, 0) is 59.9 Å². The summed E-state index contributed by atoms with van der Waals surface area (Å²) in [6.07, 6.45) is 0.935. The van der Waals surface area contributed by atoms with Crippen molar-refractivity contribution in [3.05, 3.63) is 94.0 Å². The minimum Gasteiger partial charge on any atom is -0.480 e. The van der Waals surface area contributed by atoms with E-state index in [0.717, 1.165) is 16.7 Å². The van der Waals surface area contributed by atoms with E-state index in [9.17, 15) is 14.7 Å². The molecule has 1 fully saturated rings. The van der Waals surface area contributed by atoms with Crippen LogP contribution in [0.2, 0.25) is 10.0 Å². The quantitative estimate of drug-likeness (QED) is 0.534. The third-order valence-corrected chi connectivity index (χ3v) is 6.04. The lowest BCUT2D eigenvalue weighted by Gasteiger charge is -2.29. The third kappa shape index (κ3) is 3.93. The first-order valence-corrected chi connectivity index (χ1v) is 10.4. The molecule has 1 heterocycles. The number of carbonyl (C=O) groups excluding carboxylic acids is 1. The molecule has 6 heteroatoms. The predicted octanol–water partition coefficient (Wildman–Crippen LogP) is 6.09. The molecule has 3 aromatic carbocycles. The fraction of sp³-hybridized carbons (Fsp3) is 0.167. The number of amides is 1. The smallest absolute Gasteiger partial charge is 0.326 e. The van der Waals surface area contributed by atoms with Crippen molar-refractivity contribution >= 4 is 35.1 Å². The van der Waals surface area contributed by atoms with Crippen LogP contribution in [0.15, 0.2) is 72.8 Å². The Labute approximate surface area is 184 Å². The van der Waals surface area contributed by atoms with Crippen molar-refractivity contribution in [2.24, 2.45) is 0 Å². The van der Waals surface area contributed by atoms with Gasteiger partial charge in [0, 0.05) is 15.6 Å². The van der Waals surface area contributed by atoms with Crippen molar-refractivity contribution in [2.75, 3.05) is 0 Å². The standard InChI is InChI=1S/C24H19Cl2NO3/c25-18-5-3-4-17(14-18)15-8-10-16(11-9-15)23(28)27-21(12-13-22(27)24(29)30)19-6-1-2-7-20(19)26/h1-11,14,21-22H,12-13H2,(H,29,30)/t21-,22+/m1/s1. The second-order valence-electron chi connectivity index (χ2n) is 7.27. The number of hydrogen-bond acceptors (Lipinski definition) is 2. The molecule has 0 aromatic heterocycles. The van der Waals surface area contributed by atoms with Crippen molar-refractivity contribution in [1.29, 1.82) is 0 Å². The number of halogens is 2. The maximum Gasteiger partial charge on any atom is 0.326 e. The summed E-state index contributed by atoms with van der Waals surface area (Å²) in [5.41, 5.74) is 3.07. The first-order chi connectivity index (χ1) is 14.5. The van der Waals surface area contributed by atoms with Gasteiger partial charge in [0.25, 0.3) is 5.91 Å². The Hall–Kier alpha value is -2.82. The van der Waals surface area contributed by atoms with Crippen LogP contribution in [0.5, 0.6) is 0 Å². The molecule has 1 aliphatic heterocycles. The minimum absolute atomic E-state index is 0.317. The zero-order chi connectivity index (χ0) is 21.3. The van der Waals surface area contributed by atoms with Gasteiger partial charge in [-0.15, -0.1) is 0 Å². The van der Waals surface area contributed by atoms with Crippen LogP contribution in [0.1, 0.15) is 34.8 Å². The highest BCUT2D eigenvalue weighted by Gasteiger charge is 2.42. The molecule has 0 aliphatic carbocycles. The van der Waals surface area contributed by atoms with Crippen LogP contribution in [0.25, 0.3) is 11.1 Å². The molecule has 30 heavy (non-hydrogen) atoms. The Bertz CT molecular complexity index is 1100. The average Bonchev–Trinajstić information content (AvgIpc) is 3.19. The van der Waals surface area contributed by atoms with Gasteiger partial charge in [-0.2, -0.15) is 0 Å². The number of likely N-dealkylation sites (tertiary alicyclic amines) is 1. The van der Waals surface area contributed by atoms with Gasteiger partial charge in [0.2, 0.25) is 0 Å². The number of aliphatic carboxylic acids is 1. The zero-order valence-electron chi connectivity index (χ0n) is 16.0. The summed E-state index contributed by atoms with van der Waals surface area (Å²) in [5.74, 6) is -1.32. The van der Waals surface area contributed by atoms with Crippen LogP contribution in [0, 0.1) is 0 Å². The van der Waals surface area contributed by atoms with Gasteiger partial charge in [-0.1, -0.05) is 65.7 Å². The van der Waals surface area contributed by atoms with Crippen LogP contribution in [0.3, 0.4) is 0 Å². The highest BCUT2D eigenvalue weighted by molar-refractivity contribution is 6.31. The van der Waals surface area contributed by atoms with Gasteiger partial charge in [-0.25, -0.2) is 4.79 Å². The predicted molar refractivity (Wildman–Crippen MR) is 118 cm³/mol. The van der Waals surface area contributed by atoms with Gasteiger partial charge in [0.15, 0.2) is 0 Å².